The fraction of sp³-hybridized carbons (Fsp3) is 0.158. The Balaban J connectivity index is 1.63. The van der Waals surface area contributed by atoms with Gasteiger partial charge >= 0.3 is 0 Å². The number of rotatable bonds is 3. The van der Waals surface area contributed by atoms with E-state index < -0.39 is 0 Å². The van der Waals surface area contributed by atoms with Gasteiger partial charge in [-0.25, -0.2) is 0 Å². The van der Waals surface area contributed by atoms with Crippen molar-refractivity contribution >= 4 is 46.6 Å². The number of fused-ring (bicyclic) bond motifs is 2. The maximum Gasteiger partial charge on any atom is 0.298 e. The van der Waals surface area contributed by atoms with Crippen molar-refractivity contribution in [1.29, 1.82) is 0 Å². The van der Waals surface area contributed by atoms with Gasteiger partial charge in [0.15, 0.2) is 5.75 Å². The molecule has 0 N–H and O–H groups in total. The van der Waals surface area contributed by atoms with Gasteiger partial charge in [-0.05, 0) is 41.8 Å². The number of amides is 1. The summed E-state index contributed by atoms with van der Waals surface area (Å²) in [5.41, 5.74) is 2.93. The van der Waals surface area contributed by atoms with E-state index in [9.17, 15) is 9.59 Å². The molecular formula is C19H13Cl2NO4. The van der Waals surface area contributed by atoms with Crippen molar-refractivity contribution in [1.82, 2.24) is 4.90 Å². The first-order valence-corrected chi connectivity index (χ1v) is 8.70. The summed E-state index contributed by atoms with van der Waals surface area (Å²) in [4.78, 5) is 25.2. The quantitative estimate of drug-likeness (QED) is 0.619. The maximum absolute atomic E-state index is 12.9. The Morgan fingerprint density at radius 2 is 2.08 bits per heavy atom. The third-order valence-electron chi connectivity index (χ3n) is 4.52. The maximum atomic E-state index is 12.9. The Kier molecular flexibility index (Phi) is 4.34. The molecule has 4 rings (SSSR count). The number of hydrogen-bond acceptors (Lipinski definition) is 4. The molecule has 26 heavy (non-hydrogen) atoms. The fourth-order valence-electron chi connectivity index (χ4n) is 3.23. The van der Waals surface area contributed by atoms with Crippen LogP contribution in [0.25, 0.3) is 11.0 Å². The highest BCUT2D eigenvalue weighted by Gasteiger charge is 2.26. The summed E-state index contributed by atoms with van der Waals surface area (Å²) < 4.78 is 10.2. The molecule has 1 amide bonds. The highest BCUT2D eigenvalue weighted by molar-refractivity contribution is 6.38. The summed E-state index contributed by atoms with van der Waals surface area (Å²) in [5.74, 6) is 0.0690. The summed E-state index contributed by atoms with van der Waals surface area (Å²) in [5, 5.41) is 1.52. The standard InChI is InChI=1S/C19H13Cl2NO4/c20-15-7-13-9-22(5-3-14(13)17(21)18(15)26-10-23)19(24)12-2-1-11-4-6-25-16(11)8-12/h1-2,4,6-8,10H,3,5,9H2. The van der Waals surface area contributed by atoms with Crippen LogP contribution in [0.1, 0.15) is 21.5 Å². The van der Waals surface area contributed by atoms with Crippen molar-refractivity contribution in [3.63, 3.8) is 0 Å². The van der Waals surface area contributed by atoms with Gasteiger partial charge in [0.2, 0.25) is 0 Å². The van der Waals surface area contributed by atoms with Crippen LogP contribution in [0, 0.1) is 0 Å². The minimum atomic E-state index is -0.0885. The molecule has 0 bridgehead atoms. The fourth-order valence-corrected chi connectivity index (χ4v) is 3.91. The van der Waals surface area contributed by atoms with E-state index in [0.29, 0.717) is 42.2 Å². The molecule has 3 aromatic rings. The van der Waals surface area contributed by atoms with Crippen molar-refractivity contribution in [3.05, 3.63) is 63.3 Å². The lowest BCUT2D eigenvalue weighted by atomic mass is 9.98. The zero-order valence-electron chi connectivity index (χ0n) is 13.5. The first kappa shape index (κ1) is 16.9. The molecule has 0 radical (unpaired) electrons. The number of carbonyl (C=O) groups is 2. The second-order valence-corrected chi connectivity index (χ2v) is 6.79. The van der Waals surface area contributed by atoms with Gasteiger partial charge < -0.3 is 14.1 Å². The van der Waals surface area contributed by atoms with E-state index in [1.54, 1.807) is 29.4 Å². The first-order valence-electron chi connectivity index (χ1n) is 7.95. The molecule has 7 heteroatoms. The molecule has 0 aliphatic carbocycles. The van der Waals surface area contributed by atoms with Crippen LogP contribution in [0.2, 0.25) is 10.0 Å². The van der Waals surface area contributed by atoms with Gasteiger partial charge in [0.05, 0.1) is 16.3 Å². The molecule has 0 saturated heterocycles. The molecule has 1 aromatic heterocycles. The lowest BCUT2D eigenvalue weighted by Crippen LogP contribution is -2.36. The minimum Gasteiger partial charge on any atom is -0.464 e. The Morgan fingerprint density at radius 3 is 2.88 bits per heavy atom. The highest BCUT2D eigenvalue weighted by Crippen LogP contribution is 2.40. The molecule has 2 aromatic carbocycles. The van der Waals surface area contributed by atoms with Crippen LogP contribution >= 0.6 is 23.2 Å². The number of halogens is 2. The molecule has 0 atom stereocenters. The molecule has 0 unspecified atom stereocenters. The number of nitrogens with zero attached hydrogens (tertiary/aromatic N) is 1. The summed E-state index contributed by atoms with van der Waals surface area (Å²) in [7, 11) is 0. The van der Waals surface area contributed by atoms with Crippen molar-refractivity contribution in [2.75, 3.05) is 6.54 Å². The summed E-state index contributed by atoms with van der Waals surface area (Å²) >= 11 is 12.5. The zero-order chi connectivity index (χ0) is 18.3. The van der Waals surface area contributed by atoms with Crippen LogP contribution in [0.5, 0.6) is 5.75 Å². The molecule has 1 aliphatic rings. The van der Waals surface area contributed by atoms with Gasteiger partial charge in [0.1, 0.15) is 5.58 Å². The predicted molar refractivity (Wildman–Crippen MR) is 97.8 cm³/mol. The normalized spacial score (nSPS) is 13.5. The molecule has 5 nitrogen and oxygen atoms in total. The van der Waals surface area contributed by atoms with E-state index in [1.165, 1.54) is 0 Å². The van der Waals surface area contributed by atoms with Crippen LogP contribution in [0.15, 0.2) is 41.0 Å². The SMILES string of the molecule is O=COc1c(Cl)cc2c(c1Cl)CCN(C(=O)c1ccc3ccoc3c1)C2. The highest BCUT2D eigenvalue weighted by atomic mass is 35.5. The molecule has 0 saturated carbocycles. The van der Waals surface area contributed by atoms with E-state index in [2.05, 4.69) is 0 Å². The van der Waals surface area contributed by atoms with Crippen LogP contribution in [-0.2, 0) is 17.8 Å². The van der Waals surface area contributed by atoms with Crippen molar-refractivity contribution in [2.24, 2.45) is 0 Å². The topological polar surface area (TPSA) is 59.8 Å². The number of hydrogen-bond donors (Lipinski definition) is 0. The van der Waals surface area contributed by atoms with E-state index in [4.69, 9.17) is 32.4 Å². The lowest BCUT2D eigenvalue weighted by molar-refractivity contribution is -0.120. The number of carbonyl (C=O) groups excluding carboxylic acids is 2. The van der Waals surface area contributed by atoms with Crippen molar-refractivity contribution in [2.45, 2.75) is 13.0 Å². The number of benzene rings is 2. The second kappa shape index (κ2) is 6.67. The molecular weight excluding hydrogens is 377 g/mol. The molecule has 132 valence electrons. The van der Waals surface area contributed by atoms with Crippen LogP contribution in [-0.4, -0.2) is 23.8 Å². The van der Waals surface area contributed by atoms with Gasteiger partial charge in [-0.2, -0.15) is 0 Å². The van der Waals surface area contributed by atoms with Gasteiger partial charge in [0.25, 0.3) is 12.4 Å². The molecule has 2 heterocycles. The predicted octanol–water partition coefficient (Wildman–Crippen LogP) is 4.47. The molecule has 1 aliphatic heterocycles. The van der Waals surface area contributed by atoms with Crippen LogP contribution in [0.3, 0.4) is 0 Å². The Morgan fingerprint density at radius 1 is 1.23 bits per heavy atom. The minimum absolute atomic E-state index is 0.0885. The Bertz CT molecular complexity index is 1030. The van der Waals surface area contributed by atoms with E-state index in [1.807, 2.05) is 12.1 Å². The van der Waals surface area contributed by atoms with Crippen LogP contribution < -0.4 is 4.74 Å². The Labute approximate surface area is 159 Å². The average Bonchev–Trinajstić information content (AvgIpc) is 3.11. The summed E-state index contributed by atoms with van der Waals surface area (Å²) in [6.07, 6.45) is 2.15. The first-order chi connectivity index (χ1) is 12.6. The number of furan rings is 1. The monoisotopic (exact) mass is 389 g/mol. The van der Waals surface area contributed by atoms with E-state index >= 15 is 0 Å². The van der Waals surface area contributed by atoms with Crippen molar-refractivity contribution < 1.29 is 18.7 Å². The van der Waals surface area contributed by atoms with Crippen LogP contribution in [0.4, 0.5) is 0 Å². The van der Waals surface area contributed by atoms with E-state index in [-0.39, 0.29) is 16.7 Å². The summed E-state index contributed by atoms with van der Waals surface area (Å²) in [6.45, 7) is 1.18. The smallest absolute Gasteiger partial charge is 0.298 e. The third kappa shape index (κ3) is 2.83. The second-order valence-electron chi connectivity index (χ2n) is 6.00. The molecule has 0 fully saturated rings. The Hall–Kier alpha value is -2.50. The summed E-state index contributed by atoms with van der Waals surface area (Å²) in [6, 6.07) is 8.94. The lowest BCUT2D eigenvalue weighted by Gasteiger charge is -2.30. The third-order valence-corrected chi connectivity index (χ3v) is 5.20. The van der Waals surface area contributed by atoms with Crippen molar-refractivity contribution in [3.8, 4) is 5.75 Å². The molecule has 0 spiro atoms. The van der Waals surface area contributed by atoms with E-state index in [0.717, 1.165) is 16.5 Å². The van der Waals surface area contributed by atoms with Gasteiger partial charge in [0, 0.05) is 24.0 Å². The number of ether oxygens (including phenoxy) is 1. The largest absolute Gasteiger partial charge is 0.464 e. The van der Waals surface area contributed by atoms with Gasteiger partial charge in [-0.15, -0.1) is 0 Å². The zero-order valence-corrected chi connectivity index (χ0v) is 15.0. The average molecular weight is 390 g/mol. The van der Waals surface area contributed by atoms with Gasteiger partial charge in [-0.1, -0.05) is 29.3 Å². The van der Waals surface area contributed by atoms with Gasteiger partial charge in [-0.3, -0.25) is 9.59 Å².